The van der Waals surface area contributed by atoms with Crippen molar-refractivity contribution in [3.05, 3.63) is 70.8 Å². The second kappa shape index (κ2) is 7.49. The molecule has 0 amide bonds. The van der Waals surface area contributed by atoms with Gasteiger partial charge >= 0.3 is 11.9 Å². The lowest BCUT2D eigenvalue weighted by Gasteiger charge is -2.53. The fraction of sp³-hybridized carbons (Fsp3) is 0.462. The smallest absolute Gasteiger partial charge is 0.313 e. The number of rotatable bonds is 5. The molecule has 5 nitrogen and oxygen atoms in total. The van der Waals surface area contributed by atoms with Gasteiger partial charge in [-0.05, 0) is 41.5 Å². The maximum Gasteiger partial charge on any atom is 0.313 e. The van der Waals surface area contributed by atoms with Crippen molar-refractivity contribution in [3.63, 3.8) is 0 Å². The molecule has 31 heavy (non-hydrogen) atoms. The predicted molar refractivity (Wildman–Crippen MR) is 115 cm³/mol. The number of hydrogen-bond donors (Lipinski definition) is 1. The minimum absolute atomic E-state index is 0.0359. The highest BCUT2D eigenvalue weighted by Crippen LogP contribution is 2.65. The van der Waals surface area contributed by atoms with Gasteiger partial charge in [-0.2, -0.15) is 0 Å². The molecule has 2 bridgehead atoms. The lowest BCUT2D eigenvalue weighted by molar-refractivity contribution is -0.168. The van der Waals surface area contributed by atoms with E-state index in [1.54, 1.807) is 0 Å². The lowest BCUT2D eigenvalue weighted by Crippen LogP contribution is -2.55. The van der Waals surface area contributed by atoms with E-state index in [-0.39, 0.29) is 11.8 Å². The number of benzene rings is 2. The van der Waals surface area contributed by atoms with Crippen molar-refractivity contribution in [2.24, 2.45) is 11.3 Å². The summed E-state index contributed by atoms with van der Waals surface area (Å²) in [6, 6.07) is 16.3. The zero-order valence-corrected chi connectivity index (χ0v) is 17.9. The van der Waals surface area contributed by atoms with Gasteiger partial charge in [0, 0.05) is 11.8 Å². The molecule has 1 heterocycles. The van der Waals surface area contributed by atoms with Crippen molar-refractivity contribution in [1.29, 1.82) is 0 Å². The van der Waals surface area contributed by atoms with E-state index in [0.29, 0.717) is 12.8 Å². The number of esters is 2. The standard InChI is InChI=1S/C26H28O5/c1-3-4-13-20-23(27)22(24(28)31-20)26(25(29)30-2)14-19-15-9-5-7-11-17(15)21(26)18-12-8-6-10-16(18)19/h5-12,19-23,27H,3-4,13-14H2,1-2H3/t19?,20-,21?,22?,23+,26?/m0/s1. The van der Waals surface area contributed by atoms with Gasteiger partial charge in [0.1, 0.15) is 18.1 Å². The zero-order chi connectivity index (χ0) is 21.8. The Bertz CT molecular complexity index is 982. The van der Waals surface area contributed by atoms with Crippen LogP contribution in [0.15, 0.2) is 48.5 Å². The largest absolute Gasteiger partial charge is 0.469 e. The molecule has 1 saturated heterocycles. The molecule has 5 heteroatoms. The van der Waals surface area contributed by atoms with E-state index in [1.165, 1.54) is 18.2 Å². The van der Waals surface area contributed by atoms with Crippen molar-refractivity contribution in [3.8, 4) is 0 Å². The molecule has 3 aliphatic carbocycles. The van der Waals surface area contributed by atoms with Gasteiger partial charge < -0.3 is 14.6 Å². The monoisotopic (exact) mass is 420 g/mol. The fourth-order valence-corrected chi connectivity index (χ4v) is 6.37. The number of hydrogen-bond acceptors (Lipinski definition) is 5. The summed E-state index contributed by atoms with van der Waals surface area (Å²) in [5.74, 6) is -2.28. The Hall–Kier alpha value is -2.66. The van der Waals surface area contributed by atoms with Gasteiger partial charge in [0.15, 0.2) is 0 Å². The predicted octanol–water partition coefficient (Wildman–Crippen LogP) is 3.92. The molecular weight excluding hydrogens is 392 g/mol. The number of cyclic esters (lactones) is 1. The summed E-state index contributed by atoms with van der Waals surface area (Å²) in [7, 11) is 1.37. The first-order valence-corrected chi connectivity index (χ1v) is 11.2. The second-order valence-corrected chi connectivity index (χ2v) is 9.07. The summed E-state index contributed by atoms with van der Waals surface area (Å²) in [6.45, 7) is 2.06. The molecule has 2 aromatic carbocycles. The normalized spacial score (nSPS) is 32.9. The Morgan fingerprint density at radius 2 is 1.68 bits per heavy atom. The molecule has 1 aliphatic heterocycles. The molecule has 1 fully saturated rings. The van der Waals surface area contributed by atoms with E-state index in [2.05, 4.69) is 19.1 Å². The van der Waals surface area contributed by atoms with Crippen LogP contribution in [0.3, 0.4) is 0 Å². The summed E-state index contributed by atoms with van der Waals surface area (Å²) < 4.78 is 11.0. The average Bonchev–Trinajstić information content (AvgIpc) is 3.10. The minimum atomic E-state index is -1.19. The third kappa shape index (κ3) is 2.72. The first kappa shape index (κ1) is 20.3. The third-order valence-corrected chi connectivity index (χ3v) is 7.63. The van der Waals surface area contributed by atoms with Crippen LogP contribution in [0.5, 0.6) is 0 Å². The summed E-state index contributed by atoms with van der Waals surface area (Å²) in [4.78, 5) is 26.7. The molecule has 4 aliphatic rings. The van der Waals surface area contributed by atoms with Gasteiger partial charge in [-0.3, -0.25) is 9.59 Å². The van der Waals surface area contributed by atoms with E-state index in [9.17, 15) is 14.7 Å². The molecule has 4 atom stereocenters. The van der Waals surface area contributed by atoms with E-state index < -0.39 is 35.5 Å². The number of aliphatic hydroxyl groups excluding tert-OH is 1. The van der Waals surface area contributed by atoms with Crippen LogP contribution >= 0.6 is 0 Å². The average molecular weight is 421 g/mol. The third-order valence-electron chi connectivity index (χ3n) is 7.63. The Morgan fingerprint density at radius 1 is 1.10 bits per heavy atom. The van der Waals surface area contributed by atoms with Crippen LogP contribution in [-0.2, 0) is 19.1 Å². The van der Waals surface area contributed by atoms with Crippen molar-refractivity contribution in [2.75, 3.05) is 7.11 Å². The number of carbonyl (C=O) groups excluding carboxylic acids is 2. The van der Waals surface area contributed by atoms with Gasteiger partial charge in [-0.1, -0.05) is 61.9 Å². The van der Waals surface area contributed by atoms with Gasteiger partial charge in [-0.15, -0.1) is 0 Å². The Balaban J connectivity index is 1.70. The number of fused-ring (bicyclic) bond motifs is 1. The van der Waals surface area contributed by atoms with Gasteiger partial charge in [0.2, 0.25) is 0 Å². The molecule has 2 aromatic rings. The van der Waals surface area contributed by atoms with Crippen LogP contribution in [0.4, 0.5) is 0 Å². The van der Waals surface area contributed by atoms with Gasteiger partial charge in [0.25, 0.3) is 0 Å². The maximum atomic E-state index is 13.6. The molecule has 0 saturated carbocycles. The topological polar surface area (TPSA) is 72.8 Å². The van der Waals surface area contributed by atoms with Crippen LogP contribution in [0.2, 0.25) is 0 Å². The second-order valence-electron chi connectivity index (χ2n) is 9.07. The van der Waals surface area contributed by atoms with Crippen molar-refractivity contribution in [2.45, 2.75) is 56.7 Å². The maximum absolute atomic E-state index is 13.6. The Morgan fingerprint density at radius 3 is 2.23 bits per heavy atom. The van der Waals surface area contributed by atoms with Crippen LogP contribution in [0, 0.1) is 11.3 Å². The van der Waals surface area contributed by atoms with E-state index in [4.69, 9.17) is 9.47 Å². The molecule has 0 radical (unpaired) electrons. The SMILES string of the molecule is CCCC[C@@H]1OC(=O)C(C2(C(=O)OC)CC3c4ccccc4C2c2ccccc23)[C@@H]1O. The Labute approximate surface area is 182 Å². The quantitative estimate of drug-likeness (QED) is 0.743. The minimum Gasteiger partial charge on any atom is -0.469 e. The zero-order valence-electron chi connectivity index (χ0n) is 17.9. The first-order valence-electron chi connectivity index (χ1n) is 11.2. The number of carbonyl (C=O) groups is 2. The summed E-state index contributed by atoms with van der Waals surface area (Å²) in [6.07, 6.45) is 1.21. The summed E-state index contributed by atoms with van der Waals surface area (Å²) >= 11 is 0. The van der Waals surface area contributed by atoms with E-state index in [1.807, 2.05) is 36.4 Å². The van der Waals surface area contributed by atoms with Crippen LogP contribution in [-0.4, -0.2) is 36.4 Å². The van der Waals surface area contributed by atoms with Crippen LogP contribution < -0.4 is 0 Å². The van der Waals surface area contributed by atoms with Crippen LogP contribution in [0.25, 0.3) is 0 Å². The number of ether oxygens (including phenoxy) is 2. The van der Waals surface area contributed by atoms with E-state index >= 15 is 0 Å². The highest BCUT2D eigenvalue weighted by atomic mass is 16.6. The molecule has 162 valence electrons. The first-order chi connectivity index (χ1) is 15.0. The molecule has 0 aromatic heterocycles. The molecule has 2 unspecified atom stereocenters. The van der Waals surface area contributed by atoms with Gasteiger partial charge in [-0.25, -0.2) is 0 Å². The highest BCUT2D eigenvalue weighted by Gasteiger charge is 2.67. The van der Waals surface area contributed by atoms with Crippen LogP contribution in [0.1, 0.15) is 66.7 Å². The number of methoxy groups -OCH3 is 1. The van der Waals surface area contributed by atoms with Crippen molar-refractivity contribution in [1.82, 2.24) is 0 Å². The Kier molecular flexibility index (Phi) is 4.89. The molecule has 6 rings (SSSR count). The fourth-order valence-electron chi connectivity index (χ4n) is 6.37. The lowest BCUT2D eigenvalue weighted by atomic mass is 9.48. The van der Waals surface area contributed by atoms with Crippen molar-refractivity contribution < 1.29 is 24.2 Å². The van der Waals surface area contributed by atoms with Gasteiger partial charge in [0.05, 0.1) is 12.5 Å². The van der Waals surface area contributed by atoms with Crippen molar-refractivity contribution >= 4 is 11.9 Å². The number of aliphatic hydroxyl groups is 1. The molecular formula is C26H28O5. The molecule has 1 N–H and O–H groups in total. The number of unbranched alkanes of at least 4 members (excludes halogenated alkanes) is 1. The summed E-state index contributed by atoms with van der Waals surface area (Å²) in [5, 5.41) is 11.3. The highest BCUT2D eigenvalue weighted by molar-refractivity contribution is 5.90. The summed E-state index contributed by atoms with van der Waals surface area (Å²) in [5.41, 5.74) is 3.27. The molecule has 0 spiro atoms. The van der Waals surface area contributed by atoms with E-state index in [0.717, 1.165) is 24.0 Å².